The van der Waals surface area contributed by atoms with Crippen LogP contribution in [0.1, 0.15) is 25.2 Å². The van der Waals surface area contributed by atoms with Crippen molar-refractivity contribution in [3.05, 3.63) is 157 Å². The SMILES string of the molecule is CC1(C)c2ccc(-c3cc(-c4ccccc4)cc(-c4ccccc4)n3)cc2-c2c1oc1c3ccccc3n(-c3ccccc3)c21. The number of benzene rings is 5. The monoisotopic (exact) mass is 578 g/mol. The molecule has 0 saturated heterocycles. The summed E-state index contributed by atoms with van der Waals surface area (Å²) < 4.78 is 9.25. The summed E-state index contributed by atoms with van der Waals surface area (Å²) in [6.45, 7) is 4.55. The molecule has 0 N–H and O–H groups in total. The van der Waals surface area contributed by atoms with Crippen LogP contribution < -0.4 is 0 Å². The summed E-state index contributed by atoms with van der Waals surface area (Å²) in [4.78, 5) is 5.24. The van der Waals surface area contributed by atoms with E-state index in [1.54, 1.807) is 0 Å². The van der Waals surface area contributed by atoms with E-state index in [1.165, 1.54) is 22.3 Å². The second-order valence-corrected chi connectivity index (χ2v) is 12.4. The zero-order chi connectivity index (χ0) is 30.1. The molecule has 0 atom stereocenters. The molecule has 0 amide bonds. The highest BCUT2D eigenvalue weighted by Gasteiger charge is 2.42. The second kappa shape index (κ2) is 9.67. The van der Waals surface area contributed by atoms with Gasteiger partial charge in [0.1, 0.15) is 11.3 Å². The summed E-state index contributed by atoms with van der Waals surface area (Å²) >= 11 is 0. The fourth-order valence-corrected chi connectivity index (χ4v) is 7.14. The highest BCUT2D eigenvalue weighted by molar-refractivity contribution is 6.13. The molecule has 9 rings (SSSR count). The Balaban J connectivity index is 1.31. The van der Waals surface area contributed by atoms with Crippen molar-refractivity contribution in [1.29, 1.82) is 0 Å². The van der Waals surface area contributed by atoms with E-state index in [1.807, 2.05) is 6.07 Å². The maximum atomic E-state index is 6.89. The smallest absolute Gasteiger partial charge is 0.161 e. The van der Waals surface area contributed by atoms with Gasteiger partial charge in [0, 0.05) is 33.2 Å². The van der Waals surface area contributed by atoms with Crippen molar-refractivity contribution in [3.8, 4) is 50.5 Å². The van der Waals surface area contributed by atoms with Crippen molar-refractivity contribution in [2.45, 2.75) is 19.3 Å². The zero-order valence-electron chi connectivity index (χ0n) is 25.2. The summed E-state index contributed by atoms with van der Waals surface area (Å²) in [6, 6.07) is 51.4. The van der Waals surface area contributed by atoms with Crippen LogP contribution >= 0.6 is 0 Å². The first-order valence-electron chi connectivity index (χ1n) is 15.5. The molecule has 0 spiro atoms. The molecule has 5 aromatic carbocycles. The van der Waals surface area contributed by atoms with Crippen molar-refractivity contribution in [2.24, 2.45) is 0 Å². The van der Waals surface area contributed by atoms with Crippen LogP contribution in [0.2, 0.25) is 0 Å². The molecule has 3 heterocycles. The molecule has 0 fully saturated rings. The molecule has 0 aliphatic heterocycles. The van der Waals surface area contributed by atoms with Gasteiger partial charge in [-0.25, -0.2) is 4.98 Å². The Morgan fingerprint density at radius 2 is 1.20 bits per heavy atom. The summed E-state index contributed by atoms with van der Waals surface area (Å²) in [5.41, 5.74) is 14.1. The number of pyridine rings is 1. The molecule has 0 unspecified atom stereocenters. The van der Waals surface area contributed by atoms with Crippen LogP contribution in [0.25, 0.3) is 72.5 Å². The first-order valence-corrected chi connectivity index (χ1v) is 15.5. The summed E-state index contributed by atoms with van der Waals surface area (Å²) in [7, 11) is 0. The van der Waals surface area contributed by atoms with Crippen LogP contribution in [-0.4, -0.2) is 9.55 Å². The lowest BCUT2D eigenvalue weighted by molar-refractivity contribution is 0.466. The Bertz CT molecular complexity index is 2320. The molecule has 1 aliphatic rings. The minimum absolute atomic E-state index is 0.278. The molecule has 3 nitrogen and oxygen atoms in total. The number of aromatic nitrogens is 2. The predicted octanol–water partition coefficient (Wildman–Crippen LogP) is 11.1. The Labute approximate surface area is 262 Å². The van der Waals surface area contributed by atoms with Crippen LogP contribution in [-0.2, 0) is 5.41 Å². The third-order valence-corrected chi connectivity index (χ3v) is 9.34. The lowest BCUT2D eigenvalue weighted by Gasteiger charge is -2.19. The summed E-state index contributed by atoms with van der Waals surface area (Å²) in [6.07, 6.45) is 0. The van der Waals surface area contributed by atoms with E-state index in [-0.39, 0.29) is 5.41 Å². The number of furan rings is 1. The molecule has 0 saturated carbocycles. The molecule has 3 heteroatoms. The van der Waals surface area contributed by atoms with Gasteiger partial charge < -0.3 is 8.98 Å². The molecule has 1 aliphatic carbocycles. The third-order valence-electron chi connectivity index (χ3n) is 9.34. The molecular weight excluding hydrogens is 548 g/mol. The first kappa shape index (κ1) is 25.8. The number of rotatable bonds is 4. The molecular formula is C42H30N2O. The average molecular weight is 579 g/mol. The van der Waals surface area contributed by atoms with Crippen LogP contribution in [0, 0.1) is 0 Å². The van der Waals surface area contributed by atoms with E-state index >= 15 is 0 Å². The fourth-order valence-electron chi connectivity index (χ4n) is 7.14. The molecule has 3 aromatic heterocycles. The predicted molar refractivity (Wildman–Crippen MR) is 185 cm³/mol. The minimum atomic E-state index is -0.278. The van der Waals surface area contributed by atoms with Gasteiger partial charge in [0.25, 0.3) is 0 Å². The molecule has 0 radical (unpaired) electrons. The fraction of sp³-hybridized carbons (Fsp3) is 0.0714. The maximum absolute atomic E-state index is 6.89. The van der Waals surface area contributed by atoms with E-state index in [2.05, 4.69) is 158 Å². The van der Waals surface area contributed by atoms with E-state index in [9.17, 15) is 0 Å². The second-order valence-electron chi connectivity index (χ2n) is 12.4. The van der Waals surface area contributed by atoms with Crippen molar-refractivity contribution in [1.82, 2.24) is 9.55 Å². The highest BCUT2D eigenvalue weighted by Crippen LogP contribution is 2.55. The number of hydrogen-bond acceptors (Lipinski definition) is 2. The standard InChI is InChI=1S/C42H30N2O/c1-42(2)34-23-22-29(36-26-30(27-14-6-3-7-15-27)25-35(43-36)28-16-8-4-9-17-28)24-33(34)38-39-40(45-41(38)42)32-20-12-13-21-37(32)44(39)31-18-10-5-11-19-31/h3-26H,1-2H3. The Kier molecular flexibility index (Phi) is 5.54. The number of fused-ring (bicyclic) bond motifs is 7. The molecule has 214 valence electrons. The zero-order valence-corrected chi connectivity index (χ0v) is 25.2. The lowest BCUT2D eigenvalue weighted by atomic mass is 9.85. The van der Waals surface area contributed by atoms with Gasteiger partial charge in [-0.05, 0) is 78.6 Å². The largest absolute Gasteiger partial charge is 0.457 e. The van der Waals surface area contributed by atoms with Crippen molar-refractivity contribution in [3.63, 3.8) is 0 Å². The van der Waals surface area contributed by atoms with E-state index in [4.69, 9.17) is 9.40 Å². The lowest BCUT2D eigenvalue weighted by Crippen LogP contribution is -2.14. The number of hydrogen-bond donors (Lipinski definition) is 0. The molecule has 8 aromatic rings. The minimum Gasteiger partial charge on any atom is -0.457 e. The summed E-state index contributed by atoms with van der Waals surface area (Å²) in [5, 5.41) is 1.13. The van der Waals surface area contributed by atoms with Crippen molar-refractivity contribution in [2.75, 3.05) is 0 Å². The Morgan fingerprint density at radius 1 is 0.578 bits per heavy atom. The average Bonchev–Trinajstić information content (AvgIpc) is 3.71. The van der Waals surface area contributed by atoms with Gasteiger partial charge in [0.05, 0.1) is 16.9 Å². The van der Waals surface area contributed by atoms with Gasteiger partial charge in [-0.1, -0.05) is 103 Å². The quantitative estimate of drug-likeness (QED) is 0.208. The highest BCUT2D eigenvalue weighted by atomic mass is 16.3. The summed E-state index contributed by atoms with van der Waals surface area (Å²) in [5.74, 6) is 1.02. The topological polar surface area (TPSA) is 31.0 Å². The molecule has 45 heavy (non-hydrogen) atoms. The maximum Gasteiger partial charge on any atom is 0.161 e. The van der Waals surface area contributed by atoms with E-state index in [0.717, 1.165) is 61.5 Å². The van der Waals surface area contributed by atoms with Crippen LogP contribution in [0.15, 0.2) is 150 Å². The Hall–Kier alpha value is -5.67. The van der Waals surface area contributed by atoms with Gasteiger partial charge >= 0.3 is 0 Å². The Morgan fingerprint density at radius 3 is 1.93 bits per heavy atom. The van der Waals surface area contributed by atoms with Gasteiger partial charge in [-0.2, -0.15) is 0 Å². The van der Waals surface area contributed by atoms with E-state index in [0.29, 0.717) is 0 Å². The number of para-hydroxylation sites is 2. The van der Waals surface area contributed by atoms with Gasteiger partial charge in [-0.15, -0.1) is 0 Å². The normalized spacial score (nSPS) is 13.3. The van der Waals surface area contributed by atoms with Gasteiger partial charge in [0.15, 0.2) is 5.58 Å². The van der Waals surface area contributed by atoms with Gasteiger partial charge in [0.2, 0.25) is 0 Å². The van der Waals surface area contributed by atoms with Crippen molar-refractivity contribution < 1.29 is 4.42 Å². The van der Waals surface area contributed by atoms with Crippen LogP contribution in [0.5, 0.6) is 0 Å². The molecule has 0 bridgehead atoms. The number of nitrogens with zero attached hydrogens (tertiary/aromatic N) is 2. The van der Waals surface area contributed by atoms with Crippen LogP contribution in [0.4, 0.5) is 0 Å². The van der Waals surface area contributed by atoms with Gasteiger partial charge in [-0.3, -0.25) is 0 Å². The van der Waals surface area contributed by atoms with Crippen LogP contribution in [0.3, 0.4) is 0 Å². The third kappa shape index (κ3) is 3.87. The van der Waals surface area contributed by atoms with E-state index < -0.39 is 0 Å². The van der Waals surface area contributed by atoms with Crippen molar-refractivity contribution >= 4 is 22.0 Å². The first-order chi connectivity index (χ1) is 22.1.